The summed E-state index contributed by atoms with van der Waals surface area (Å²) in [6.45, 7) is 0. The van der Waals surface area contributed by atoms with Gasteiger partial charge in [-0.25, -0.2) is 0 Å². The molecule has 3 rings (SSSR count). The van der Waals surface area contributed by atoms with E-state index < -0.39 is 0 Å². The van der Waals surface area contributed by atoms with Crippen LogP contribution in [0.2, 0.25) is 0 Å². The van der Waals surface area contributed by atoms with Crippen molar-refractivity contribution in [2.24, 2.45) is 0 Å². The quantitative estimate of drug-likeness (QED) is 0.789. The van der Waals surface area contributed by atoms with Gasteiger partial charge >= 0.3 is 0 Å². The molecule has 3 aromatic rings. The maximum Gasteiger partial charge on any atom is 0.118 e. The van der Waals surface area contributed by atoms with Crippen LogP contribution >= 0.6 is 11.8 Å². The summed E-state index contributed by atoms with van der Waals surface area (Å²) < 4.78 is 5.17. The van der Waals surface area contributed by atoms with Gasteiger partial charge in [0.2, 0.25) is 0 Å². The van der Waals surface area contributed by atoms with Gasteiger partial charge in [-0.2, -0.15) is 0 Å². The van der Waals surface area contributed by atoms with E-state index in [1.54, 1.807) is 25.1 Å². The van der Waals surface area contributed by atoms with Crippen LogP contribution in [-0.2, 0) is 0 Å². The summed E-state index contributed by atoms with van der Waals surface area (Å²) in [7, 11) is 1.66. The lowest BCUT2D eigenvalue weighted by atomic mass is 10.2. The predicted octanol–water partition coefficient (Wildman–Crippen LogP) is 3.98. The van der Waals surface area contributed by atoms with Crippen molar-refractivity contribution in [2.75, 3.05) is 12.8 Å². The molecule has 100 valence electrons. The maximum absolute atomic E-state index is 6.08. The molecule has 20 heavy (non-hydrogen) atoms. The summed E-state index contributed by atoms with van der Waals surface area (Å²) >= 11 is 1.64. The number of nitrogen functional groups attached to an aromatic ring is 1. The fourth-order valence-corrected chi connectivity index (χ4v) is 2.97. The number of hydrogen-bond donors (Lipinski definition) is 1. The zero-order valence-electron chi connectivity index (χ0n) is 11.0. The van der Waals surface area contributed by atoms with Gasteiger partial charge < -0.3 is 10.5 Å². The summed E-state index contributed by atoms with van der Waals surface area (Å²) in [5.74, 6) is 0.849. The number of anilines is 1. The van der Waals surface area contributed by atoms with Crippen molar-refractivity contribution in [2.45, 2.75) is 9.79 Å². The van der Waals surface area contributed by atoms with Crippen LogP contribution in [0, 0.1) is 0 Å². The fraction of sp³-hybridized carbons (Fsp3) is 0.0625. The Morgan fingerprint density at radius 2 is 1.80 bits per heavy atom. The second-order valence-electron chi connectivity index (χ2n) is 4.34. The average Bonchev–Trinajstić information content (AvgIpc) is 2.51. The average molecular weight is 282 g/mol. The normalized spacial score (nSPS) is 10.7. The highest BCUT2D eigenvalue weighted by atomic mass is 32.2. The smallest absolute Gasteiger partial charge is 0.118 e. The molecule has 0 bridgehead atoms. The second-order valence-corrected chi connectivity index (χ2v) is 5.42. The third-order valence-corrected chi connectivity index (χ3v) is 4.20. The first kappa shape index (κ1) is 12.8. The number of ether oxygens (including phenoxy) is 1. The van der Waals surface area contributed by atoms with E-state index in [0.29, 0.717) is 5.69 Å². The number of methoxy groups -OCH3 is 1. The lowest BCUT2D eigenvalue weighted by molar-refractivity contribution is 0.414. The van der Waals surface area contributed by atoms with Gasteiger partial charge in [-0.15, -0.1) is 0 Å². The van der Waals surface area contributed by atoms with E-state index in [4.69, 9.17) is 10.5 Å². The molecule has 1 aromatic heterocycles. The molecule has 0 radical (unpaired) electrons. The molecule has 0 aliphatic carbocycles. The number of fused-ring (bicyclic) bond motifs is 1. The highest BCUT2D eigenvalue weighted by Crippen LogP contribution is 2.37. The van der Waals surface area contributed by atoms with E-state index in [9.17, 15) is 0 Å². The summed E-state index contributed by atoms with van der Waals surface area (Å²) in [5, 5.41) is 1.08. The molecule has 0 unspecified atom stereocenters. The lowest BCUT2D eigenvalue weighted by Crippen LogP contribution is -1.92. The molecule has 0 fully saturated rings. The Balaban J connectivity index is 2.02. The molecule has 0 aliphatic heterocycles. The zero-order valence-corrected chi connectivity index (χ0v) is 11.9. The highest BCUT2D eigenvalue weighted by molar-refractivity contribution is 7.99. The third kappa shape index (κ3) is 2.42. The maximum atomic E-state index is 6.08. The van der Waals surface area contributed by atoms with Gasteiger partial charge in [-0.1, -0.05) is 30.0 Å². The highest BCUT2D eigenvalue weighted by Gasteiger charge is 2.08. The van der Waals surface area contributed by atoms with Crippen molar-refractivity contribution in [3.8, 4) is 5.75 Å². The molecular weight excluding hydrogens is 268 g/mol. The molecule has 0 amide bonds. The Morgan fingerprint density at radius 1 is 1.05 bits per heavy atom. The zero-order chi connectivity index (χ0) is 13.9. The standard InChI is InChI=1S/C16H14N2OS/c1-19-11-6-8-12(9-7-11)20-16-13-4-2-3-5-15(13)18-10-14(16)17/h2-10H,17H2,1H3. The minimum absolute atomic E-state index is 0.699. The minimum atomic E-state index is 0.699. The molecule has 4 heteroatoms. The molecule has 1 heterocycles. The van der Waals surface area contributed by atoms with Gasteiger partial charge in [0, 0.05) is 15.2 Å². The van der Waals surface area contributed by atoms with Crippen LogP contribution in [0.4, 0.5) is 5.69 Å². The Labute approximate surface area is 121 Å². The minimum Gasteiger partial charge on any atom is -0.497 e. The first-order chi connectivity index (χ1) is 9.78. The summed E-state index contributed by atoms with van der Waals surface area (Å²) in [5.41, 5.74) is 7.74. The number of benzene rings is 2. The van der Waals surface area contributed by atoms with Gasteiger partial charge in [0.15, 0.2) is 0 Å². The molecule has 2 N–H and O–H groups in total. The fourth-order valence-electron chi connectivity index (χ4n) is 2.01. The first-order valence-corrected chi connectivity index (χ1v) is 7.04. The third-order valence-electron chi connectivity index (χ3n) is 3.03. The van der Waals surface area contributed by atoms with Crippen molar-refractivity contribution in [1.29, 1.82) is 0 Å². The molecule has 2 aromatic carbocycles. The topological polar surface area (TPSA) is 48.1 Å². The van der Waals surface area contributed by atoms with Crippen LogP contribution in [0.3, 0.4) is 0 Å². The van der Waals surface area contributed by atoms with Crippen molar-refractivity contribution in [3.63, 3.8) is 0 Å². The largest absolute Gasteiger partial charge is 0.497 e. The Hall–Kier alpha value is -2.20. The van der Waals surface area contributed by atoms with Crippen molar-refractivity contribution >= 4 is 28.4 Å². The van der Waals surface area contributed by atoms with Crippen LogP contribution in [0.5, 0.6) is 5.75 Å². The monoisotopic (exact) mass is 282 g/mol. The van der Waals surface area contributed by atoms with Crippen molar-refractivity contribution in [1.82, 2.24) is 4.98 Å². The van der Waals surface area contributed by atoms with Crippen molar-refractivity contribution in [3.05, 3.63) is 54.7 Å². The lowest BCUT2D eigenvalue weighted by Gasteiger charge is -2.09. The number of nitrogens with two attached hydrogens (primary N) is 1. The predicted molar refractivity (Wildman–Crippen MR) is 83.3 cm³/mol. The molecule has 0 atom stereocenters. The van der Waals surface area contributed by atoms with Crippen LogP contribution in [0.25, 0.3) is 10.9 Å². The van der Waals surface area contributed by atoms with Crippen LogP contribution in [0.15, 0.2) is 64.5 Å². The molecule has 0 spiro atoms. The van der Waals surface area contributed by atoms with Gasteiger partial charge in [-0.05, 0) is 30.3 Å². The van der Waals surface area contributed by atoms with Crippen LogP contribution in [-0.4, -0.2) is 12.1 Å². The molecule has 0 saturated carbocycles. The van der Waals surface area contributed by atoms with E-state index in [0.717, 1.165) is 26.4 Å². The molecule has 0 saturated heterocycles. The van der Waals surface area contributed by atoms with Crippen molar-refractivity contribution < 1.29 is 4.74 Å². The van der Waals surface area contributed by atoms with Gasteiger partial charge in [-0.3, -0.25) is 4.98 Å². The number of pyridine rings is 1. The van der Waals surface area contributed by atoms with Crippen LogP contribution < -0.4 is 10.5 Å². The summed E-state index contributed by atoms with van der Waals surface area (Å²) in [4.78, 5) is 6.51. The summed E-state index contributed by atoms with van der Waals surface area (Å²) in [6.07, 6.45) is 1.72. The Bertz CT molecular complexity index is 741. The van der Waals surface area contributed by atoms with E-state index in [1.807, 2.05) is 48.5 Å². The number of rotatable bonds is 3. The molecule has 0 aliphatic rings. The number of nitrogens with zero attached hydrogens (tertiary/aromatic N) is 1. The number of para-hydroxylation sites is 1. The SMILES string of the molecule is COc1ccc(Sc2c(N)cnc3ccccc23)cc1. The Kier molecular flexibility index (Phi) is 3.48. The van der Waals surface area contributed by atoms with Gasteiger partial charge in [0.25, 0.3) is 0 Å². The van der Waals surface area contributed by atoms with E-state index >= 15 is 0 Å². The van der Waals surface area contributed by atoms with Crippen LogP contribution in [0.1, 0.15) is 0 Å². The Morgan fingerprint density at radius 3 is 2.55 bits per heavy atom. The summed E-state index contributed by atoms with van der Waals surface area (Å²) in [6, 6.07) is 16.0. The van der Waals surface area contributed by atoms with E-state index in [1.165, 1.54) is 0 Å². The molecular formula is C16H14N2OS. The number of hydrogen-bond acceptors (Lipinski definition) is 4. The van der Waals surface area contributed by atoms with Gasteiger partial charge in [0.05, 0.1) is 24.5 Å². The van der Waals surface area contributed by atoms with Gasteiger partial charge in [0.1, 0.15) is 5.75 Å². The van der Waals surface area contributed by atoms with E-state index in [2.05, 4.69) is 4.98 Å². The molecule has 3 nitrogen and oxygen atoms in total. The number of aromatic nitrogens is 1. The van der Waals surface area contributed by atoms with E-state index in [-0.39, 0.29) is 0 Å². The first-order valence-electron chi connectivity index (χ1n) is 6.23. The second kappa shape index (κ2) is 5.43.